The second-order valence-corrected chi connectivity index (χ2v) is 10.3. The molecule has 4 rings (SSSR count). The van der Waals surface area contributed by atoms with E-state index in [0.717, 1.165) is 34.4 Å². The number of benzene rings is 2. The van der Waals surface area contributed by atoms with E-state index in [0.29, 0.717) is 15.7 Å². The predicted octanol–water partition coefficient (Wildman–Crippen LogP) is 6.78. The lowest BCUT2D eigenvalue weighted by molar-refractivity contribution is -0.123. The standard InChI is InChI=1S/C25H22ClIN2O3S/c1-15-12-20(6-9-22(15)27)29-16(2)13-18(17(29)3)14-23-24(30)28(25(31)33-23)10-11-32-21-7-4-19(26)5-8-21/h4-9,12-14H,10-11H2,1-3H3/b23-14-. The number of ether oxygens (including phenoxy) is 1. The minimum Gasteiger partial charge on any atom is -0.492 e. The van der Waals surface area contributed by atoms with Crippen LogP contribution in [-0.4, -0.2) is 33.8 Å². The van der Waals surface area contributed by atoms with Crippen molar-refractivity contribution in [3.8, 4) is 11.4 Å². The van der Waals surface area contributed by atoms with Gasteiger partial charge in [0.2, 0.25) is 0 Å². The molecule has 1 fully saturated rings. The van der Waals surface area contributed by atoms with Crippen LogP contribution in [0.2, 0.25) is 5.02 Å². The maximum Gasteiger partial charge on any atom is 0.293 e. The molecule has 2 aromatic carbocycles. The van der Waals surface area contributed by atoms with Crippen molar-refractivity contribution in [2.75, 3.05) is 13.2 Å². The highest BCUT2D eigenvalue weighted by Gasteiger charge is 2.35. The Kier molecular flexibility index (Phi) is 7.21. The molecule has 0 atom stereocenters. The number of rotatable bonds is 6. The van der Waals surface area contributed by atoms with Crippen LogP contribution in [0.4, 0.5) is 4.79 Å². The highest BCUT2D eigenvalue weighted by Crippen LogP contribution is 2.34. The van der Waals surface area contributed by atoms with Crippen molar-refractivity contribution in [1.29, 1.82) is 0 Å². The second kappa shape index (κ2) is 9.95. The van der Waals surface area contributed by atoms with Crippen LogP contribution in [0.1, 0.15) is 22.5 Å². The van der Waals surface area contributed by atoms with Crippen molar-refractivity contribution in [3.63, 3.8) is 0 Å². The largest absolute Gasteiger partial charge is 0.492 e. The van der Waals surface area contributed by atoms with Gasteiger partial charge < -0.3 is 9.30 Å². The summed E-state index contributed by atoms with van der Waals surface area (Å²) in [6.45, 7) is 6.56. The van der Waals surface area contributed by atoms with Crippen LogP contribution in [-0.2, 0) is 4.79 Å². The Hall–Kier alpha value is -2.23. The van der Waals surface area contributed by atoms with Crippen LogP contribution in [0.15, 0.2) is 53.4 Å². The summed E-state index contributed by atoms with van der Waals surface area (Å²) in [7, 11) is 0. The highest BCUT2D eigenvalue weighted by atomic mass is 127. The zero-order valence-corrected chi connectivity index (χ0v) is 22.1. The van der Waals surface area contributed by atoms with Crippen molar-refractivity contribution in [2.24, 2.45) is 0 Å². The molecule has 0 bridgehead atoms. The van der Waals surface area contributed by atoms with Gasteiger partial charge in [0.25, 0.3) is 11.1 Å². The summed E-state index contributed by atoms with van der Waals surface area (Å²) in [5, 5.41) is 0.336. The van der Waals surface area contributed by atoms with Gasteiger partial charge in [-0.05, 0) is 121 Å². The summed E-state index contributed by atoms with van der Waals surface area (Å²) in [6.07, 6.45) is 1.81. The lowest BCUT2D eigenvalue weighted by atomic mass is 10.2. The molecule has 5 nitrogen and oxygen atoms in total. The Labute approximate surface area is 215 Å². The van der Waals surface area contributed by atoms with Crippen LogP contribution in [0.5, 0.6) is 5.75 Å². The molecular weight excluding hydrogens is 571 g/mol. The fourth-order valence-electron chi connectivity index (χ4n) is 3.72. The molecule has 1 saturated heterocycles. The second-order valence-electron chi connectivity index (χ2n) is 7.73. The highest BCUT2D eigenvalue weighted by molar-refractivity contribution is 14.1. The number of carbonyl (C=O) groups is 2. The number of aryl methyl sites for hydroxylation is 2. The first-order chi connectivity index (χ1) is 15.7. The quantitative estimate of drug-likeness (QED) is 0.234. The fourth-order valence-corrected chi connectivity index (χ4v) is 5.04. The van der Waals surface area contributed by atoms with E-state index in [1.54, 1.807) is 24.3 Å². The van der Waals surface area contributed by atoms with Gasteiger partial charge in [0.1, 0.15) is 12.4 Å². The fraction of sp³-hybridized carbons (Fsp3) is 0.200. The molecule has 3 aromatic rings. The third-order valence-electron chi connectivity index (χ3n) is 5.43. The Balaban J connectivity index is 1.50. The van der Waals surface area contributed by atoms with E-state index in [-0.39, 0.29) is 24.3 Å². The monoisotopic (exact) mass is 592 g/mol. The summed E-state index contributed by atoms with van der Waals surface area (Å²) < 4.78 is 9.02. The maximum atomic E-state index is 12.9. The maximum absolute atomic E-state index is 12.9. The van der Waals surface area contributed by atoms with Crippen molar-refractivity contribution in [2.45, 2.75) is 20.8 Å². The Morgan fingerprint density at radius 1 is 1.06 bits per heavy atom. The molecule has 1 aliphatic heterocycles. The number of nitrogens with zero attached hydrogens (tertiary/aromatic N) is 2. The molecule has 1 aromatic heterocycles. The molecule has 2 amide bonds. The van der Waals surface area contributed by atoms with Gasteiger partial charge in [-0.15, -0.1) is 0 Å². The number of amides is 2. The number of hydrogen-bond donors (Lipinski definition) is 0. The molecular formula is C25H22ClIN2O3S. The van der Waals surface area contributed by atoms with Crippen molar-refractivity contribution >= 4 is 63.2 Å². The Morgan fingerprint density at radius 2 is 1.79 bits per heavy atom. The van der Waals surface area contributed by atoms with Gasteiger partial charge in [-0.1, -0.05) is 11.6 Å². The average molecular weight is 593 g/mol. The van der Waals surface area contributed by atoms with Gasteiger partial charge in [-0.3, -0.25) is 14.5 Å². The normalized spacial score (nSPS) is 15.1. The minimum absolute atomic E-state index is 0.186. The molecule has 2 heterocycles. The predicted molar refractivity (Wildman–Crippen MR) is 142 cm³/mol. The van der Waals surface area contributed by atoms with Gasteiger partial charge in [0.05, 0.1) is 11.4 Å². The molecule has 0 unspecified atom stereocenters. The lowest BCUT2D eigenvalue weighted by Crippen LogP contribution is -2.32. The third-order valence-corrected chi connectivity index (χ3v) is 7.80. The number of thioether (sulfide) groups is 1. The number of imide groups is 1. The summed E-state index contributed by atoms with van der Waals surface area (Å²) >= 11 is 9.17. The van der Waals surface area contributed by atoms with E-state index in [4.69, 9.17) is 16.3 Å². The lowest BCUT2D eigenvalue weighted by Gasteiger charge is -2.13. The minimum atomic E-state index is -0.292. The van der Waals surface area contributed by atoms with E-state index in [1.165, 1.54) is 14.0 Å². The molecule has 0 N–H and O–H groups in total. The Morgan fingerprint density at radius 3 is 2.48 bits per heavy atom. The number of hydrogen-bond acceptors (Lipinski definition) is 4. The van der Waals surface area contributed by atoms with Gasteiger partial charge in [0.15, 0.2) is 0 Å². The van der Waals surface area contributed by atoms with Crippen LogP contribution >= 0.6 is 46.0 Å². The first kappa shape index (κ1) is 23.9. The zero-order chi connectivity index (χ0) is 23.7. The molecule has 33 heavy (non-hydrogen) atoms. The van der Waals surface area contributed by atoms with E-state index >= 15 is 0 Å². The van der Waals surface area contributed by atoms with Crippen LogP contribution < -0.4 is 4.74 Å². The zero-order valence-electron chi connectivity index (χ0n) is 18.4. The van der Waals surface area contributed by atoms with Crippen LogP contribution in [0, 0.1) is 24.3 Å². The third kappa shape index (κ3) is 5.15. The Bertz CT molecular complexity index is 1270. The van der Waals surface area contributed by atoms with Gasteiger partial charge in [0, 0.05) is 25.7 Å². The van der Waals surface area contributed by atoms with Gasteiger partial charge in [-0.25, -0.2) is 0 Å². The molecule has 1 aliphatic rings. The van der Waals surface area contributed by atoms with Crippen molar-refractivity contribution < 1.29 is 14.3 Å². The smallest absolute Gasteiger partial charge is 0.293 e. The van der Waals surface area contributed by atoms with E-state index < -0.39 is 0 Å². The van der Waals surface area contributed by atoms with Crippen LogP contribution in [0.25, 0.3) is 11.8 Å². The molecule has 8 heteroatoms. The topological polar surface area (TPSA) is 51.5 Å². The summed E-state index contributed by atoms with van der Waals surface area (Å²) in [6, 6.07) is 15.3. The summed E-state index contributed by atoms with van der Waals surface area (Å²) in [4.78, 5) is 27.0. The average Bonchev–Trinajstić information content (AvgIpc) is 3.20. The van der Waals surface area contributed by atoms with Crippen molar-refractivity contribution in [1.82, 2.24) is 9.47 Å². The van der Waals surface area contributed by atoms with Crippen LogP contribution in [0.3, 0.4) is 0 Å². The number of carbonyl (C=O) groups excluding carboxylic acids is 2. The molecule has 0 saturated carbocycles. The SMILES string of the molecule is Cc1cc(-n2c(C)cc(/C=C3\SC(=O)N(CCOc4ccc(Cl)cc4)C3=O)c2C)ccc1I. The molecule has 0 radical (unpaired) electrons. The van der Waals surface area contributed by atoms with E-state index in [1.807, 2.05) is 26.0 Å². The van der Waals surface area contributed by atoms with Gasteiger partial charge in [-0.2, -0.15) is 0 Å². The summed E-state index contributed by atoms with van der Waals surface area (Å²) in [5.74, 6) is 0.347. The van der Waals surface area contributed by atoms with E-state index in [2.05, 4.69) is 52.3 Å². The first-order valence-electron chi connectivity index (χ1n) is 10.3. The first-order valence-corrected chi connectivity index (χ1v) is 12.6. The van der Waals surface area contributed by atoms with Gasteiger partial charge >= 0.3 is 0 Å². The number of halogens is 2. The summed E-state index contributed by atoms with van der Waals surface area (Å²) in [5.41, 5.74) is 5.30. The molecule has 0 aliphatic carbocycles. The number of aromatic nitrogens is 1. The van der Waals surface area contributed by atoms with Crippen molar-refractivity contribution in [3.05, 3.63) is 84.5 Å². The van der Waals surface area contributed by atoms with E-state index in [9.17, 15) is 9.59 Å². The molecule has 170 valence electrons. The molecule has 0 spiro atoms.